The number of aldehydes is 1. The molecule has 0 atom stereocenters. The van der Waals surface area contributed by atoms with Crippen molar-refractivity contribution in [2.45, 2.75) is 0 Å². The normalized spacial score (nSPS) is 10.1. The van der Waals surface area contributed by atoms with E-state index in [1.807, 2.05) is 0 Å². The number of thiophene rings is 2. The third kappa shape index (κ3) is 1.69. The molecule has 0 amide bonds. The van der Waals surface area contributed by atoms with Gasteiger partial charge in [0.2, 0.25) is 0 Å². The maximum atomic E-state index is 10.7. The maximum absolute atomic E-state index is 10.7. The van der Waals surface area contributed by atoms with Crippen LogP contribution in [0.25, 0.3) is 11.1 Å². The molecule has 6 heteroatoms. The molecular formula is C9H5NO3S2. The van der Waals surface area contributed by atoms with Crippen molar-refractivity contribution in [3.63, 3.8) is 0 Å². The Kier molecular flexibility index (Phi) is 2.61. The number of carbonyl (C=O) groups is 1. The molecule has 0 saturated carbocycles. The molecule has 4 nitrogen and oxygen atoms in total. The topological polar surface area (TPSA) is 60.2 Å². The molecule has 0 unspecified atom stereocenters. The summed E-state index contributed by atoms with van der Waals surface area (Å²) in [4.78, 5) is 21.5. The van der Waals surface area contributed by atoms with Crippen molar-refractivity contribution in [1.82, 2.24) is 0 Å². The standard InChI is InChI=1S/C9H5NO3S2/c11-5-8-6(1-3-14-8)7-2-4-15-9(7)10(12)13/h1-5H. The van der Waals surface area contributed by atoms with E-state index in [2.05, 4.69) is 0 Å². The van der Waals surface area contributed by atoms with E-state index in [9.17, 15) is 14.9 Å². The lowest BCUT2D eigenvalue weighted by Crippen LogP contribution is -1.87. The first-order chi connectivity index (χ1) is 7.24. The molecule has 0 bridgehead atoms. The van der Waals surface area contributed by atoms with E-state index in [4.69, 9.17) is 0 Å². The maximum Gasteiger partial charge on any atom is 0.331 e. The van der Waals surface area contributed by atoms with Crippen LogP contribution in [0.3, 0.4) is 0 Å². The molecule has 0 fully saturated rings. The molecule has 2 aromatic heterocycles. The molecule has 0 spiro atoms. The fraction of sp³-hybridized carbons (Fsp3) is 0. The number of hydrogen-bond acceptors (Lipinski definition) is 5. The molecule has 15 heavy (non-hydrogen) atoms. The van der Waals surface area contributed by atoms with Crippen LogP contribution in [-0.2, 0) is 0 Å². The lowest BCUT2D eigenvalue weighted by atomic mass is 10.1. The van der Waals surface area contributed by atoms with Crippen molar-refractivity contribution in [2.24, 2.45) is 0 Å². The monoisotopic (exact) mass is 239 g/mol. The Morgan fingerprint density at radius 2 is 1.87 bits per heavy atom. The average molecular weight is 239 g/mol. The number of nitro groups is 1. The Bertz CT molecular complexity index is 515. The van der Waals surface area contributed by atoms with Gasteiger partial charge in [-0.25, -0.2) is 0 Å². The SMILES string of the molecule is O=Cc1sccc1-c1ccsc1[N+](=O)[O-]. The first kappa shape index (κ1) is 10.0. The van der Waals surface area contributed by atoms with Gasteiger partial charge < -0.3 is 0 Å². The fourth-order valence-electron chi connectivity index (χ4n) is 1.28. The predicted octanol–water partition coefficient (Wildman–Crippen LogP) is 3.20. The zero-order valence-corrected chi connectivity index (χ0v) is 9.01. The van der Waals surface area contributed by atoms with E-state index in [1.165, 1.54) is 11.3 Å². The van der Waals surface area contributed by atoms with Crippen molar-refractivity contribution >= 4 is 34.0 Å². The molecule has 2 aromatic rings. The van der Waals surface area contributed by atoms with Crippen molar-refractivity contribution in [3.8, 4) is 11.1 Å². The van der Waals surface area contributed by atoms with Gasteiger partial charge >= 0.3 is 5.00 Å². The third-order valence-electron chi connectivity index (χ3n) is 1.90. The Balaban J connectivity index is 2.58. The summed E-state index contributed by atoms with van der Waals surface area (Å²) in [7, 11) is 0. The van der Waals surface area contributed by atoms with E-state index in [1.54, 1.807) is 22.9 Å². The van der Waals surface area contributed by atoms with Crippen molar-refractivity contribution in [3.05, 3.63) is 37.9 Å². The van der Waals surface area contributed by atoms with Crippen LogP contribution in [0.15, 0.2) is 22.9 Å². The number of rotatable bonds is 3. The van der Waals surface area contributed by atoms with Crippen LogP contribution in [0.1, 0.15) is 9.67 Å². The molecule has 0 aliphatic heterocycles. The van der Waals surface area contributed by atoms with Gasteiger partial charge in [-0.3, -0.25) is 14.9 Å². The summed E-state index contributed by atoms with van der Waals surface area (Å²) in [6, 6.07) is 3.39. The molecular weight excluding hydrogens is 234 g/mol. The highest BCUT2D eigenvalue weighted by Crippen LogP contribution is 2.37. The summed E-state index contributed by atoms with van der Waals surface area (Å²) in [5.41, 5.74) is 1.16. The molecule has 0 saturated heterocycles. The minimum absolute atomic E-state index is 0.0801. The molecule has 0 radical (unpaired) electrons. The summed E-state index contributed by atoms with van der Waals surface area (Å²) in [5.74, 6) is 0. The van der Waals surface area contributed by atoms with Crippen LogP contribution in [0.2, 0.25) is 0 Å². The third-order valence-corrected chi connectivity index (χ3v) is 3.61. The van der Waals surface area contributed by atoms with Crippen molar-refractivity contribution in [2.75, 3.05) is 0 Å². The molecule has 0 aliphatic rings. The molecule has 2 rings (SSSR count). The average Bonchev–Trinajstić information content (AvgIpc) is 2.85. The molecule has 0 aliphatic carbocycles. The molecule has 0 aromatic carbocycles. The number of nitrogens with zero attached hydrogens (tertiary/aromatic N) is 1. The number of hydrogen-bond donors (Lipinski definition) is 0. The zero-order valence-electron chi connectivity index (χ0n) is 7.38. The second kappa shape index (κ2) is 3.92. The van der Waals surface area contributed by atoms with Crippen LogP contribution in [0.5, 0.6) is 0 Å². The molecule has 0 N–H and O–H groups in total. The predicted molar refractivity (Wildman–Crippen MR) is 59.7 cm³/mol. The summed E-state index contributed by atoms with van der Waals surface area (Å²) in [6.07, 6.45) is 0.724. The largest absolute Gasteiger partial charge is 0.331 e. The van der Waals surface area contributed by atoms with Crippen molar-refractivity contribution in [1.29, 1.82) is 0 Å². The van der Waals surface area contributed by atoms with E-state index in [0.717, 1.165) is 17.6 Å². The van der Waals surface area contributed by atoms with Gasteiger partial charge in [0.1, 0.15) is 0 Å². The van der Waals surface area contributed by atoms with Crippen LogP contribution in [0.4, 0.5) is 5.00 Å². The second-order valence-corrected chi connectivity index (χ2v) is 4.56. The van der Waals surface area contributed by atoms with E-state index in [-0.39, 0.29) is 5.00 Å². The lowest BCUT2D eigenvalue weighted by Gasteiger charge is -1.94. The molecule has 2 heterocycles. The van der Waals surface area contributed by atoms with Crippen molar-refractivity contribution < 1.29 is 9.72 Å². The van der Waals surface area contributed by atoms with Gasteiger partial charge in [0, 0.05) is 5.56 Å². The fourth-order valence-corrected chi connectivity index (χ4v) is 2.72. The van der Waals surface area contributed by atoms with Gasteiger partial charge in [-0.2, -0.15) is 0 Å². The Hall–Kier alpha value is -1.53. The van der Waals surface area contributed by atoms with Crippen LogP contribution in [0, 0.1) is 10.1 Å². The smallest absolute Gasteiger partial charge is 0.297 e. The highest BCUT2D eigenvalue weighted by molar-refractivity contribution is 7.14. The number of carbonyl (C=O) groups excluding carboxylic acids is 1. The Morgan fingerprint density at radius 1 is 1.20 bits per heavy atom. The minimum atomic E-state index is -0.424. The van der Waals surface area contributed by atoms with Crippen LogP contribution in [-0.4, -0.2) is 11.2 Å². The van der Waals surface area contributed by atoms with Gasteiger partial charge in [-0.1, -0.05) is 11.3 Å². The quantitative estimate of drug-likeness (QED) is 0.469. The van der Waals surface area contributed by atoms with Gasteiger partial charge in [0.05, 0.1) is 15.4 Å². The zero-order chi connectivity index (χ0) is 10.8. The second-order valence-electron chi connectivity index (χ2n) is 2.71. The highest BCUT2D eigenvalue weighted by atomic mass is 32.1. The Morgan fingerprint density at radius 3 is 2.53 bits per heavy atom. The van der Waals surface area contributed by atoms with E-state index in [0.29, 0.717) is 16.0 Å². The Labute approximate surface area is 92.9 Å². The minimum Gasteiger partial charge on any atom is -0.297 e. The summed E-state index contributed by atoms with van der Waals surface area (Å²) in [5, 5.41) is 14.2. The van der Waals surface area contributed by atoms with E-state index >= 15 is 0 Å². The van der Waals surface area contributed by atoms with Crippen LogP contribution >= 0.6 is 22.7 Å². The van der Waals surface area contributed by atoms with Gasteiger partial charge in [-0.05, 0) is 22.9 Å². The molecule has 76 valence electrons. The lowest BCUT2D eigenvalue weighted by molar-refractivity contribution is -0.379. The van der Waals surface area contributed by atoms with Crippen LogP contribution < -0.4 is 0 Å². The van der Waals surface area contributed by atoms with Gasteiger partial charge in [0.25, 0.3) is 0 Å². The first-order valence-electron chi connectivity index (χ1n) is 3.99. The summed E-state index contributed by atoms with van der Waals surface area (Å²) >= 11 is 2.35. The van der Waals surface area contributed by atoms with Gasteiger partial charge in [0.15, 0.2) is 6.29 Å². The highest BCUT2D eigenvalue weighted by Gasteiger charge is 2.19. The summed E-state index contributed by atoms with van der Waals surface area (Å²) < 4.78 is 0. The van der Waals surface area contributed by atoms with E-state index < -0.39 is 4.92 Å². The first-order valence-corrected chi connectivity index (χ1v) is 5.75. The van der Waals surface area contributed by atoms with Gasteiger partial charge in [-0.15, -0.1) is 11.3 Å². The summed E-state index contributed by atoms with van der Waals surface area (Å²) in [6.45, 7) is 0.